The molecular formula is C32H27N3O6. The lowest BCUT2D eigenvalue weighted by atomic mass is 10.1. The number of nitrogens with zero attached hydrogens (tertiary/aromatic N) is 2. The van der Waals surface area contributed by atoms with Gasteiger partial charge in [0.1, 0.15) is 42.1 Å². The summed E-state index contributed by atoms with van der Waals surface area (Å²) < 4.78 is 17.0. The normalized spacial score (nSPS) is 10.8. The van der Waals surface area contributed by atoms with Crippen LogP contribution >= 0.6 is 0 Å². The van der Waals surface area contributed by atoms with Gasteiger partial charge in [-0.15, -0.1) is 0 Å². The first-order chi connectivity index (χ1) is 19.8. The summed E-state index contributed by atoms with van der Waals surface area (Å²) in [5.41, 5.74) is 3.77. The lowest BCUT2D eigenvalue weighted by Crippen LogP contribution is -2.13. The van der Waals surface area contributed by atoms with Crippen molar-refractivity contribution in [3.63, 3.8) is 0 Å². The summed E-state index contributed by atoms with van der Waals surface area (Å²) in [6.07, 6.45) is 1.43. The number of carbonyl (C=O) groups excluding carboxylic acids is 1. The van der Waals surface area contributed by atoms with E-state index < -0.39 is 10.8 Å². The topological polar surface area (TPSA) is 124 Å². The van der Waals surface area contributed by atoms with Crippen LogP contribution in [0.2, 0.25) is 0 Å². The third kappa shape index (κ3) is 7.94. The van der Waals surface area contributed by atoms with Crippen LogP contribution in [0.15, 0.2) is 96.6 Å². The molecular weight excluding hydrogens is 522 g/mol. The molecule has 206 valence electrons. The van der Waals surface area contributed by atoms with E-state index in [9.17, 15) is 20.2 Å². The molecule has 4 aromatic carbocycles. The van der Waals surface area contributed by atoms with Crippen molar-refractivity contribution in [1.82, 2.24) is 0 Å². The van der Waals surface area contributed by atoms with E-state index in [-0.39, 0.29) is 17.9 Å². The first-order valence-electron chi connectivity index (χ1n) is 12.6. The van der Waals surface area contributed by atoms with E-state index in [0.29, 0.717) is 40.7 Å². The number of anilines is 1. The molecule has 0 radical (unpaired) electrons. The number of nitro groups is 1. The molecule has 0 saturated heterocycles. The van der Waals surface area contributed by atoms with Crippen molar-refractivity contribution in [2.45, 2.75) is 20.1 Å². The van der Waals surface area contributed by atoms with Crippen molar-refractivity contribution in [3.8, 4) is 23.3 Å². The molecule has 0 saturated carbocycles. The van der Waals surface area contributed by atoms with Gasteiger partial charge in [0.15, 0.2) is 0 Å². The number of hydrogen-bond donors (Lipinski definition) is 1. The number of aryl methyl sites for hydroxylation is 1. The van der Waals surface area contributed by atoms with Crippen LogP contribution in [-0.4, -0.2) is 17.9 Å². The Morgan fingerprint density at radius 3 is 2.12 bits per heavy atom. The zero-order valence-corrected chi connectivity index (χ0v) is 22.5. The predicted molar refractivity (Wildman–Crippen MR) is 155 cm³/mol. The molecule has 0 aliphatic carbocycles. The number of carbonyl (C=O) groups is 1. The molecule has 0 spiro atoms. The van der Waals surface area contributed by atoms with Crippen LogP contribution in [0.5, 0.6) is 17.2 Å². The smallest absolute Gasteiger partial charge is 0.269 e. The van der Waals surface area contributed by atoms with Gasteiger partial charge in [0, 0.05) is 29.4 Å². The quantitative estimate of drug-likeness (QED) is 0.0965. The lowest BCUT2D eigenvalue weighted by molar-refractivity contribution is -0.384. The minimum absolute atomic E-state index is 0.0205. The second-order valence-electron chi connectivity index (χ2n) is 9.04. The summed E-state index contributed by atoms with van der Waals surface area (Å²) in [5.74, 6) is 0.956. The number of methoxy groups -OCH3 is 1. The molecule has 9 heteroatoms. The molecule has 4 aromatic rings. The largest absolute Gasteiger partial charge is 0.497 e. The van der Waals surface area contributed by atoms with E-state index in [1.165, 1.54) is 30.9 Å². The molecule has 0 atom stereocenters. The molecule has 0 bridgehead atoms. The van der Waals surface area contributed by atoms with Gasteiger partial charge in [-0.1, -0.05) is 29.8 Å². The number of nitrogens with one attached hydrogen (secondary N) is 1. The highest BCUT2D eigenvalue weighted by atomic mass is 16.6. The average Bonchev–Trinajstić information content (AvgIpc) is 2.99. The van der Waals surface area contributed by atoms with Crippen LogP contribution in [0.25, 0.3) is 6.08 Å². The first-order valence-corrected chi connectivity index (χ1v) is 12.6. The summed E-state index contributed by atoms with van der Waals surface area (Å²) in [7, 11) is 1.51. The minimum Gasteiger partial charge on any atom is -0.497 e. The highest BCUT2D eigenvalue weighted by Gasteiger charge is 2.13. The predicted octanol–water partition coefficient (Wildman–Crippen LogP) is 6.62. The summed E-state index contributed by atoms with van der Waals surface area (Å²) in [5, 5.41) is 23.4. The number of amides is 1. The van der Waals surface area contributed by atoms with Gasteiger partial charge in [0.05, 0.1) is 12.0 Å². The molecule has 41 heavy (non-hydrogen) atoms. The van der Waals surface area contributed by atoms with Crippen LogP contribution in [0, 0.1) is 28.4 Å². The monoisotopic (exact) mass is 549 g/mol. The van der Waals surface area contributed by atoms with Gasteiger partial charge >= 0.3 is 0 Å². The van der Waals surface area contributed by atoms with E-state index in [1.54, 1.807) is 54.6 Å². The fourth-order valence-corrected chi connectivity index (χ4v) is 3.75. The first kappa shape index (κ1) is 28.4. The van der Waals surface area contributed by atoms with Crippen LogP contribution in [0.3, 0.4) is 0 Å². The second-order valence-corrected chi connectivity index (χ2v) is 9.04. The molecule has 0 aromatic heterocycles. The molecule has 0 fully saturated rings. The average molecular weight is 550 g/mol. The van der Waals surface area contributed by atoms with E-state index in [1.807, 2.05) is 37.3 Å². The fourth-order valence-electron chi connectivity index (χ4n) is 3.75. The molecule has 9 nitrogen and oxygen atoms in total. The Labute approximate surface area is 237 Å². The zero-order valence-electron chi connectivity index (χ0n) is 22.5. The van der Waals surface area contributed by atoms with Crippen molar-refractivity contribution in [3.05, 3.63) is 129 Å². The van der Waals surface area contributed by atoms with E-state index in [2.05, 4.69) is 5.32 Å². The van der Waals surface area contributed by atoms with Gasteiger partial charge in [-0.05, 0) is 72.7 Å². The maximum atomic E-state index is 12.9. The number of ether oxygens (including phenoxy) is 3. The number of rotatable bonds is 11. The van der Waals surface area contributed by atoms with Crippen LogP contribution in [-0.2, 0) is 18.0 Å². The number of nitro benzene ring substituents is 1. The standard InChI is InChI=1S/C32H27N3O6/c1-22-3-5-23(6-4-22)20-40-29-15-10-27(11-16-29)34-32(36)26(19-33)17-25-9-14-30(39-2)18-31(25)41-21-24-7-12-28(13-8-24)35(37)38/h3-18H,20-21H2,1-2H3,(H,34,36)/b26-17+. The summed E-state index contributed by atoms with van der Waals surface area (Å²) in [6.45, 7) is 2.56. The lowest BCUT2D eigenvalue weighted by Gasteiger charge is -2.12. The number of benzene rings is 4. The third-order valence-corrected chi connectivity index (χ3v) is 6.07. The fraction of sp³-hybridized carbons (Fsp3) is 0.125. The molecule has 1 N–H and O–H groups in total. The highest BCUT2D eigenvalue weighted by Crippen LogP contribution is 2.28. The Morgan fingerprint density at radius 2 is 1.51 bits per heavy atom. The van der Waals surface area contributed by atoms with Crippen LogP contribution in [0.1, 0.15) is 22.3 Å². The second kappa shape index (κ2) is 13.4. The minimum atomic E-state index is -0.585. The van der Waals surface area contributed by atoms with Crippen molar-refractivity contribution < 1.29 is 23.9 Å². The van der Waals surface area contributed by atoms with E-state index >= 15 is 0 Å². The van der Waals surface area contributed by atoms with Crippen molar-refractivity contribution in [2.24, 2.45) is 0 Å². The third-order valence-electron chi connectivity index (χ3n) is 6.07. The van der Waals surface area contributed by atoms with E-state index in [0.717, 1.165) is 5.56 Å². The SMILES string of the molecule is COc1ccc(/C=C(\C#N)C(=O)Nc2ccc(OCc3ccc(C)cc3)cc2)c(OCc2ccc([N+](=O)[O-])cc2)c1. The molecule has 0 aliphatic rings. The highest BCUT2D eigenvalue weighted by molar-refractivity contribution is 6.09. The van der Waals surface area contributed by atoms with Crippen LogP contribution < -0.4 is 19.5 Å². The summed E-state index contributed by atoms with van der Waals surface area (Å²) in [6, 6.07) is 27.9. The Morgan fingerprint density at radius 1 is 0.902 bits per heavy atom. The summed E-state index contributed by atoms with van der Waals surface area (Å²) in [4.78, 5) is 23.3. The Bertz CT molecular complexity index is 1590. The Hall–Kier alpha value is -5.62. The Kier molecular flexibility index (Phi) is 9.31. The molecule has 0 unspecified atom stereocenters. The van der Waals surface area contributed by atoms with Gasteiger partial charge in [0.25, 0.3) is 11.6 Å². The number of non-ortho nitro benzene ring substituents is 1. The van der Waals surface area contributed by atoms with Gasteiger partial charge in [-0.25, -0.2) is 0 Å². The van der Waals surface area contributed by atoms with Gasteiger partial charge in [0.2, 0.25) is 0 Å². The maximum absolute atomic E-state index is 12.9. The van der Waals surface area contributed by atoms with Crippen LogP contribution in [0.4, 0.5) is 11.4 Å². The van der Waals surface area contributed by atoms with Gasteiger partial charge < -0.3 is 19.5 Å². The van der Waals surface area contributed by atoms with E-state index in [4.69, 9.17) is 14.2 Å². The zero-order chi connectivity index (χ0) is 29.2. The Balaban J connectivity index is 1.43. The number of hydrogen-bond acceptors (Lipinski definition) is 7. The van der Waals surface area contributed by atoms with Crippen molar-refractivity contribution in [2.75, 3.05) is 12.4 Å². The van der Waals surface area contributed by atoms with Gasteiger partial charge in [-0.2, -0.15) is 5.26 Å². The molecule has 1 amide bonds. The summed E-state index contributed by atoms with van der Waals surface area (Å²) >= 11 is 0. The number of nitriles is 1. The maximum Gasteiger partial charge on any atom is 0.269 e. The molecule has 0 aliphatic heterocycles. The van der Waals surface area contributed by atoms with Crippen molar-refractivity contribution >= 4 is 23.4 Å². The van der Waals surface area contributed by atoms with Crippen molar-refractivity contribution in [1.29, 1.82) is 5.26 Å². The van der Waals surface area contributed by atoms with Gasteiger partial charge in [-0.3, -0.25) is 14.9 Å². The molecule has 0 heterocycles. The molecule has 4 rings (SSSR count).